The second kappa shape index (κ2) is 8.60. The zero-order valence-corrected chi connectivity index (χ0v) is 18.2. The average Bonchev–Trinajstić information content (AvgIpc) is 3.32. The minimum atomic E-state index is -0.897. The Balaban J connectivity index is 1.73. The molecule has 32 heavy (non-hydrogen) atoms. The highest BCUT2D eigenvalue weighted by atomic mass is 16.5. The minimum Gasteiger partial charge on any atom is -0.354 e. The summed E-state index contributed by atoms with van der Waals surface area (Å²) in [5, 5.41) is 13.9. The lowest BCUT2D eigenvalue weighted by atomic mass is 9.94. The quantitative estimate of drug-likeness (QED) is 0.432. The largest absolute Gasteiger partial charge is 0.354 e. The van der Waals surface area contributed by atoms with Gasteiger partial charge in [0.25, 0.3) is 5.56 Å². The molecule has 3 aromatic heterocycles. The second-order valence-electron chi connectivity index (χ2n) is 7.71. The van der Waals surface area contributed by atoms with Crippen LogP contribution in [0.1, 0.15) is 32.3 Å². The summed E-state index contributed by atoms with van der Waals surface area (Å²) in [6, 6.07) is 15.3. The average molecular weight is 425 g/mol. The summed E-state index contributed by atoms with van der Waals surface area (Å²) >= 11 is 0. The Morgan fingerprint density at radius 3 is 2.53 bits per heavy atom. The summed E-state index contributed by atoms with van der Waals surface area (Å²) in [4.78, 5) is 21.5. The summed E-state index contributed by atoms with van der Waals surface area (Å²) < 4.78 is 7.04. The van der Waals surface area contributed by atoms with E-state index in [-0.39, 0.29) is 5.56 Å². The van der Waals surface area contributed by atoms with E-state index in [2.05, 4.69) is 21.2 Å². The molecule has 0 bridgehead atoms. The van der Waals surface area contributed by atoms with Crippen molar-refractivity contribution in [1.82, 2.24) is 19.7 Å². The Labute approximate surface area is 186 Å². The number of rotatable bonds is 6. The highest BCUT2D eigenvalue weighted by Crippen LogP contribution is 2.28. The molecular weight excluding hydrogens is 402 g/mol. The second-order valence-corrected chi connectivity index (χ2v) is 7.71. The van der Waals surface area contributed by atoms with Gasteiger partial charge in [0.15, 0.2) is 5.76 Å². The molecular formula is C25H23N5O2. The van der Waals surface area contributed by atoms with Gasteiger partial charge >= 0.3 is 0 Å². The standard InChI is InChI=1S/C25H23N5O2/c1-4-25(5-2,16-26)30-15-19(9-10-24(30)31)21-13-27-14-22(28-21)23-12-20(29-32-23)18-8-6-7-17(3)11-18/h6-15H,4-5H2,1-3H3. The van der Waals surface area contributed by atoms with E-state index in [1.54, 1.807) is 24.7 Å². The van der Waals surface area contributed by atoms with Crippen molar-refractivity contribution in [2.45, 2.75) is 39.2 Å². The highest BCUT2D eigenvalue weighted by Gasteiger charge is 2.29. The van der Waals surface area contributed by atoms with Gasteiger partial charge in [0.05, 0.1) is 24.2 Å². The van der Waals surface area contributed by atoms with Crippen LogP contribution in [-0.4, -0.2) is 19.7 Å². The van der Waals surface area contributed by atoms with Gasteiger partial charge in [-0.25, -0.2) is 4.98 Å². The summed E-state index contributed by atoms with van der Waals surface area (Å²) in [5.74, 6) is 0.498. The topological polar surface area (TPSA) is 97.6 Å². The molecule has 1 aromatic carbocycles. The van der Waals surface area contributed by atoms with Crippen molar-refractivity contribution in [3.8, 4) is 40.0 Å². The summed E-state index contributed by atoms with van der Waals surface area (Å²) in [6.07, 6.45) is 5.96. The van der Waals surface area contributed by atoms with Crippen molar-refractivity contribution < 1.29 is 4.52 Å². The van der Waals surface area contributed by atoms with Crippen LogP contribution >= 0.6 is 0 Å². The number of benzene rings is 1. The minimum absolute atomic E-state index is 0.221. The lowest BCUT2D eigenvalue weighted by Gasteiger charge is -2.26. The van der Waals surface area contributed by atoms with Gasteiger partial charge in [0.2, 0.25) is 0 Å². The van der Waals surface area contributed by atoms with E-state index in [0.717, 1.165) is 11.1 Å². The smallest absolute Gasteiger partial charge is 0.251 e. The molecule has 4 aromatic rings. The molecule has 0 saturated heterocycles. The first-order chi connectivity index (χ1) is 15.5. The molecule has 7 nitrogen and oxygen atoms in total. The van der Waals surface area contributed by atoms with Gasteiger partial charge in [-0.2, -0.15) is 5.26 Å². The number of nitriles is 1. The fourth-order valence-electron chi connectivity index (χ4n) is 3.74. The van der Waals surface area contributed by atoms with Crippen LogP contribution in [0.15, 0.2) is 70.4 Å². The van der Waals surface area contributed by atoms with Crippen LogP contribution in [-0.2, 0) is 5.54 Å². The maximum atomic E-state index is 12.5. The molecule has 0 N–H and O–H groups in total. The lowest BCUT2D eigenvalue weighted by molar-refractivity contribution is 0.345. The lowest BCUT2D eigenvalue weighted by Crippen LogP contribution is -2.38. The van der Waals surface area contributed by atoms with Gasteiger partial charge in [-0.3, -0.25) is 14.3 Å². The van der Waals surface area contributed by atoms with Crippen molar-refractivity contribution >= 4 is 0 Å². The van der Waals surface area contributed by atoms with Gasteiger partial charge in [0.1, 0.15) is 16.9 Å². The zero-order chi connectivity index (χ0) is 22.7. The molecule has 0 saturated carbocycles. The van der Waals surface area contributed by atoms with Gasteiger partial charge in [-0.15, -0.1) is 0 Å². The van der Waals surface area contributed by atoms with Gasteiger partial charge < -0.3 is 4.52 Å². The van der Waals surface area contributed by atoms with Crippen LogP contribution in [0.3, 0.4) is 0 Å². The maximum absolute atomic E-state index is 12.5. The van der Waals surface area contributed by atoms with Crippen molar-refractivity contribution in [1.29, 1.82) is 5.26 Å². The van der Waals surface area contributed by atoms with Crippen LogP contribution < -0.4 is 5.56 Å². The SMILES string of the molecule is CCC(C#N)(CC)n1cc(-c2cncc(-c3cc(-c4cccc(C)c4)no3)n2)ccc1=O. The van der Waals surface area contributed by atoms with Crippen LogP contribution in [0.2, 0.25) is 0 Å². The van der Waals surface area contributed by atoms with Crippen LogP contribution in [0, 0.1) is 18.3 Å². The molecule has 0 amide bonds. The van der Waals surface area contributed by atoms with Gasteiger partial charge in [-0.05, 0) is 31.9 Å². The Bertz CT molecular complexity index is 1360. The van der Waals surface area contributed by atoms with Crippen LogP contribution in [0.25, 0.3) is 34.0 Å². The van der Waals surface area contributed by atoms with E-state index in [9.17, 15) is 10.1 Å². The van der Waals surface area contributed by atoms with Crippen LogP contribution in [0.4, 0.5) is 0 Å². The molecule has 4 rings (SSSR count). The van der Waals surface area contributed by atoms with Gasteiger partial charge in [0, 0.05) is 29.5 Å². The Hall–Kier alpha value is -4.05. The molecule has 7 heteroatoms. The van der Waals surface area contributed by atoms with E-state index >= 15 is 0 Å². The fraction of sp³-hybridized carbons (Fsp3) is 0.240. The molecule has 160 valence electrons. The summed E-state index contributed by atoms with van der Waals surface area (Å²) in [5.41, 5.74) is 3.49. The predicted octanol–water partition coefficient (Wildman–Crippen LogP) is 4.97. The Morgan fingerprint density at radius 2 is 1.81 bits per heavy atom. The molecule has 3 heterocycles. The maximum Gasteiger partial charge on any atom is 0.251 e. The van der Waals surface area contributed by atoms with Crippen molar-refractivity contribution in [2.75, 3.05) is 0 Å². The molecule has 0 atom stereocenters. The highest BCUT2D eigenvalue weighted by molar-refractivity contribution is 5.67. The molecule has 0 spiro atoms. The normalized spacial score (nSPS) is 11.3. The zero-order valence-electron chi connectivity index (χ0n) is 18.2. The first kappa shape index (κ1) is 21.2. The number of nitrogens with zero attached hydrogens (tertiary/aromatic N) is 5. The van der Waals surface area contributed by atoms with E-state index in [4.69, 9.17) is 4.52 Å². The first-order valence-corrected chi connectivity index (χ1v) is 10.5. The van der Waals surface area contributed by atoms with E-state index in [1.807, 2.05) is 51.1 Å². The first-order valence-electron chi connectivity index (χ1n) is 10.5. The number of aryl methyl sites for hydroxylation is 1. The third-order valence-electron chi connectivity index (χ3n) is 5.76. The molecule has 0 aliphatic heterocycles. The number of hydrogen-bond acceptors (Lipinski definition) is 6. The molecule has 0 unspecified atom stereocenters. The van der Waals surface area contributed by atoms with Crippen molar-refractivity contribution in [3.63, 3.8) is 0 Å². The monoisotopic (exact) mass is 425 g/mol. The van der Waals surface area contributed by atoms with E-state index in [0.29, 0.717) is 41.2 Å². The van der Waals surface area contributed by atoms with Crippen molar-refractivity contribution in [2.24, 2.45) is 0 Å². The summed E-state index contributed by atoms with van der Waals surface area (Å²) in [6.45, 7) is 5.83. The number of pyridine rings is 1. The van der Waals surface area contributed by atoms with Crippen LogP contribution in [0.5, 0.6) is 0 Å². The van der Waals surface area contributed by atoms with Gasteiger partial charge in [-0.1, -0.05) is 42.8 Å². The molecule has 0 aliphatic carbocycles. The molecule has 0 aliphatic rings. The van der Waals surface area contributed by atoms with E-state index in [1.165, 1.54) is 10.6 Å². The third-order valence-corrected chi connectivity index (χ3v) is 5.76. The van der Waals surface area contributed by atoms with E-state index < -0.39 is 5.54 Å². The number of aromatic nitrogens is 4. The Morgan fingerprint density at radius 1 is 1.03 bits per heavy atom. The predicted molar refractivity (Wildman–Crippen MR) is 122 cm³/mol. The number of hydrogen-bond donors (Lipinski definition) is 0. The summed E-state index contributed by atoms with van der Waals surface area (Å²) in [7, 11) is 0. The Kier molecular flexibility index (Phi) is 5.69. The fourth-order valence-corrected chi connectivity index (χ4v) is 3.74. The van der Waals surface area contributed by atoms with Crippen molar-refractivity contribution in [3.05, 3.63) is 77.0 Å². The molecule has 0 fully saturated rings. The molecule has 0 radical (unpaired) electrons. The third kappa shape index (κ3) is 3.83.